The Morgan fingerprint density at radius 3 is 2.36 bits per heavy atom. The van der Waals surface area contributed by atoms with Crippen molar-refractivity contribution < 1.29 is 13.9 Å². The number of pyridine rings is 1. The van der Waals surface area contributed by atoms with Gasteiger partial charge in [0, 0.05) is 12.1 Å². The van der Waals surface area contributed by atoms with Crippen LogP contribution in [0.25, 0.3) is 27.8 Å². The summed E-state index contributed by atoms with van der Waals surface area (Å²) >= 11 is 0. The van der Waals surface area contributed by atoms with Crippen molar-refractivity contribution in [2.24, 2.45) is 0 Å². The number of nitrogens with one attached hydrogen (secondary N) is 1. The minimum absolute atomic E-state index is 0.0358. The summed E-state index contributed by atoms with van der Waals surface area (Å²) in [5.74, 6) is -0.653. The van der Waals surface area contributed by atoms with Crippen molar-refractivity contribution in [2.45, 2.75) is 64.1 Å². The summed E-state index contributed by atoms with van der Waals surface area (Å²) in [7, 11) is 0. The molecule has 1 aliphatic carbocycles. The Bertz CT molecular complexity index is 1630. The van der Waals surface area contributed by atoms with Crippen LogP contribution in [0, 0.1) is 5.82 Å². The average Bonchev–Trinajstić information content (AvgIpc) is 2.90. The van der Waals surface area contributed by atoms with Crippen molar-refractivity contribution >= 4 is 17.1 Å². The molecule has 0 saturated heterocycles. The molecule has 1 aliphatic rings. The molecule has 0 atom stereocenters. The lowest BCUT2D eigenvalue weighted by molar-refractivity contribution is 0.0487. The van der Waals surface area contributed by atoms with E-state index in [0.717, 1.165) is 23.4 Å². The first kappa shape index (κ1) is 26.3. The van der Waals surface area contributed by atoms with Gasteiger partial charge in [-0.2, -0.15) is 0 Å². The molecule has 0 radical (unpaired) electrons. The van der Waals surface area contributed by atoms with Crippen molar-refractivity contribution in [1.82, 2.24) is 19.4 Å². The van der Waals surface area contributed by atoms with E-state index in [2.05, 4.69) is 10.3 Å². The quantitative estimate of drug-likeness (QED) is 0.383. The third-order valence-corrected chi connectivity index (χ3v) is 6.89. The molecule has 9 heteroatoms. The number of ether oxygens (including phenoxy) is 1. The van der Waals surface area contributed by atoms with E-state index in [1.807, 2.05) is 48.5 Å². The predicted octanol–water partition coefficient (Wildman–Crippen LogP) is 5.36. The van der Waals surface area contributed by atoms with Crippen molar-refractivity contribution in [2.75, 3.05) is 0 Å². The highest BCUT2D eigenvalue weighted by Gasteiger charge is 2.29. The van der Waals surface area contributed by atoms with Gasteiger partial charge in [-0.3, -0.25) is 9.36 Å². The van der Waals surface area contributed by atoms with Gasteiger partial charge in [0.1, 0.15) is 11.4 Å². The van der Waals surface area contributed by atoms with E-state index in [0.29, 0.717) is 31.4 Å². The summed E-state index contributed by atoms with van der Waals surface area (Å²) in [5.41, 5.74) is 0.793. The van der Waals surface area contributed by atoms with E-state index >= 15 is 0 Å². The molecule has 202 valence electrons. The summed E-state index contributed by atoms with van der Waals surface area (Å²) in [5, 5.41) is 2.92. The van der Waals surface area contributed by atoms with E-state index in [9.17, 15) is 18.8 Å². The molecule has 1 saturated carbocycles. The van der Waals surface area contributed by atoms with Gasteiger partial charge in [0.05, 0.1) is 17.3 Å². The van der Waals surface area contributed by atoms with Crippen LogP contribution in [0.3, 0.4) is 0 Å². The third kappa shape index (κ3) is 5.62. The molecule has 8 nitrogen and oxygen atoms in total. The van der Waals surface area contributed by atoms with Gasteiger partial charge in [-0.15, -0.1) is 0 Å². The standard InChI is InChI=1S/C30H31FN4O4/c1-30(2,3)39-28(37)33-22-12-14-23(15-13-22)35-27(36)25-17-21(31)18-32-26(25)34(29(35)38)24-11-7-10-20(16-24)19-8-5-4-6-9-19/h4-11,16-18,22-23H,12-15H2,1-3H3,(H,33,37)/t22-,23+. The largest absolute Gasteiger partial charge is 0.444 e. The molecule has 0 bridgehead atoms. The van der Waals surface area contributed by atoms with Gasteiger partial charge >= 0.3 is 11.8 Å². The fraction of sp³-hybridized carbons (Fsp3) is 0.333. The first-order valence-corrected chi connectivity index (χ1v) is 13.1. The molecule has 4 aromatic rings. The number of aromatic nitrogens is 3. The first-order chi connectivity index (χ1) is 18.6. The first-order valence-electron chi connectivity index (χ1n) is 13.1. The van der Waals surface area contributed by atoms with Crippen molar-refractivity contribution in [3.8, 4) is 16.8 Å². The molecule has 1 N–H and O–H groups in total. The Morgan fingerprint density at radius 2 is 1.67 bits per heavy atom. The number of hydrogen-bond acceptors (Lipinski definition) is 5. The van der Waals surface area contributed by atoms with Gasteiger partial charge in [-0.25, -0.2) is 23.5 Å². The number of hydrogen-bond donors (Lipinski definition) is 1. The Morgan fingerprint density at radius 1 is 0.974 bits per heavy atom. The molecular formula is C30H31FN4O4. The fourth-order valence-electron chi connectivity index (χ4n) is 5.15. The van der Waals surface area contributed by atoms with Crippen LogP contribution in [0.2, 0.25) is 0 Å². The van der Waals surface area contributed by atoms with E-state index in [4.69, 9.17) is 4.74 Å². The minimum atomic E-state index is -0.653. The number of nitrogens with zero attached hydrogens (tertiary/aromatic N) is 3. The summed E-state index contributed by atoms with van der Waals surface area (Å²) in [6.07, 6.45) is 2.65. The number of amides is 1. The number of rotatable bonds is 4. The Balaban J connectivity index is 1.53. The summed E-state index contributed by atoms with van der Waals surface area (Å²) in [4.78, 5) is 43.9. The third-order valence-electron chi connectivity index (χ3n) is 6.89. The molecule has 2 aromatic carbocycles. The predicted molar refractivity (Wildman–Crippen MR) is 148 cm³/mol. The number of carbonyl (C=O) groups is 1. The second-order valence-corrected chi connectivity index (χ2v) is 10.9. The van der Waals surface area contributed by atoms with Crippen LogP contribution in [-0.4, -0.2) is 31.9 Å². The van der Waals surface area contributed by atoms with Gasteiger partial charge in [0.2, 0.25) is 0 Å². The van der Waals surface area contributed by atoms with E-state index in [-0.39, 0.29) is 17.1 Å². The smallest absolute Gasteiger partial charge is 0.407 e. The summed E-state index contributed by atoms with van der Waals surface area (Å²) < 4.78 is 22.2. The minimum Gasteiger partial charge on any atom is -0.444 e. The van der Waals surface area contributed by atoms with Gasteiger partial charge in [0.25, 0.3) is 5.56 Å². The molecule has 1 amide bonds. The normalized spacial score (nSPS) is 17.6. The molecule has 0 aliphatic heterocycles. The number of carbonyl (C=O) groups excluding carboxylic acids is 1. The van der Waals surface area contributed by atoms with Crippen LogP contribution in [0.1, 0.15) is 52.5 Å². The van der Waals surface area contributed by atoms with Crippen molar-refractivity contribution in [3.05, 3.63) is 93.5 Å². The summed E-state index contributed by atoms with van der Waals surface area (Å²) in [6.45, 7) is 5.40. The highest BCUT2D eigenvalue weighted by molar-refractivity contribution is 5.76. The van der Waals surface area contributed by atoms with Gasteiger partial charge in [-0.05, 0) is 75.8 Å². The van der Waals surface area contributed by atoms with E-state index in [1.165, 1.54) is 9.13 Å². The highest BCUT2D eigenvalue weighted by atomic mass is 19.1. The molecule has 5 rings (SSSR count). The zero-order chi connectivity index (χ0) is 27.7. The van der Waals surface area contributed by atoms with E-state index < -0.39 is 34.8 Å². The molecule has 2 heterocycles. The second-order valence-electron chi connectivity index (χ2n) is 10.9. The second kappa shape index (κ2) is 10.5. The average molecular weight is 531 g/mol. The van der Waals surface area contributed by atoms with E-state index in [1.54, 1.807) is 26.8 Å². The Kier molecular flexibility index (Phi) is 7.08. The monoisotopic (exact) mass is 530 g/mol. The van der Waals surface area contributed by atoms with Crippen LogP contribution in [0.15, 0.2) is 76.4 Å². The topological polar surface area (TPSA) is 95.2 Å². The Hall–Kier alpha value is -4.27. The lowest BCUT2D eigenvalue weighted by Gasteiger charge is -2.31. The maximum Gasteiger partial charge on any atom is 0.407 e. The van der Waals surface area contributed by atoms with Crippen molar-refractivity contribution in [1.29, 1.82) is 0 Å². The van der Waals surface area contributed by atoms with Gasteiger partial charge in [-0.1, -0.05) is 42.5 Å². The highest BCUT2D eigenvalue weighted by Crippen LogP contribution is 2.28. The number of fused-ring (bicyclic) bond motifs is 1. The molecule has 2 aromatic heterocycles. The van der Waals surface area contributed by atoms with Crippen LogP contribution < -0.4 is 16.6 Å². The van der Waals surface area contributed by atoms with Crippen LogP contribution >= 0.6 is 0 Å². The molecule has 0 spiro atoms. The molecule has 0 unspecified atom stereocenters. The number of benzene rings is 2. The van der Waals surface area contributed by atoms with Crippen LogP contribution in [-0.2, 0) is 4.74 Å². The lowest BCUT2D eigenvalue weighted by Crippen LogP contribution is -2.45. The molecule has 1 fully saturated rings. The maximum absolute atomic E-state index is 14.3. The van der Waals surface area contributed by atoms with Crippen LogP contribution in [0.5, 0.6) is 0 Å². The summed E-state index contributed by atoms with van der Waals surface area (Å²) in [6, 6.07) is 17.7. The maximum atomic E-state index is 14.3. The zero-order valence-electron chi connectivity index (χ0n) is 22.2. The van der Waals surface area contributed by atoms with Crippen molar-refractivity contribution in [3.63, 3.8) is 0 Å². The number of alkyl carbamates (subject to hydrolysis) is 1. The fourth-order valence-corrected chi connectivity index (χ4v) is 5.15. The zero-order valence-corrected chi connectivity index (χ0v) is 22.2. The number of halogens is 1. The molecule has 39 heavy (non-hydrogen) atoms. The lowest BCUT2D eigenvalue weighted by atomic mass is 9.91. The Labute approximate surface area is 225 Å². The van der Waals surface area contributed by atoms with Gasteiger partial charge in [0.15, 0.2) is 5.65 Å². The molecular weight excluding hydrogens is 499 g/mol. The van der Waals surface area contributed by atoms with Gasteiger partial charge < -0.3 is 10.1 Å². The SMILES string of the molecule is CC(C)(C)OC(=O)N[C@H]1CC[C@@H](n2c(=O)c3cc(F)cnc3n(-c3cccc(-c4ccccc4)c3)c2=O)CC1. The van der Waals surface area contributed by atoms with Crippen LogP contribution in [0.4, 0.5) is 9.18 Å².